The van der Waals surface area contributed by atoms with E-state index in [0.29, 0.717) is 4.88 Å². The van der Waals surface area contributed by atoms with Gasteiger partial charge in [0.15, 0.2) is 0 Å². The smallest absolute Gasteiger partial charge is 0.403 e. The Morgan fingerprint density at radius 1 is 1.21 bits per heavy atom. The number of hydrogen-bond donors (Lipinski definition) is 0. The van der Waals surface area contributed by atoms with E-state index < -0.39 is 34.8 Å². The molecule has 3 aliphatic rings. The highest BCUT2D eigenvalue weighted by molar-refractivity contribution is 7.11. The summed E-state index contributed by atoms with van der Waals surface area (Å²) in [5.41, 5.74) is -1.52. The molecule has 3 heterocycles. The lowest BCUT2D eigenvalue weighted by atomic mass is 9.71. The van der Waals surface area contributed by atoms with Crippen LogP contribution in [0.2, 0.25) is 0 Å². The quantitative estimate of drug-likeness (QED) is 0.698. The number of ether oxygens (including phenoxy) is 1. The second kappa shape index (κ2) is 6.16. The lowest BCUT2D eigenvalue weighted by Crippen LogP contribution is -2.65. The average molecular weight is 417 g/mol. The highest BCUT2D eigenvalue weighted by atomic mass is 32.1. The van der Waals surface area contributed by atoms with Crippen molar-refractivity contribution in [1.29, 1.82) is 0 Å². The van der Waals surface area contributed by atoms with E-state index in [0.717, 1.165) is 4.90 Å². The summed E-state index contributed by atoms with van der Waals surface area (Å²) >= 11 is 1.17. The number of aromatic nitrogens is 1. The fourth-order valence-electron chi connectivity index (χ4n) is 4.29. The number of likely N-dealkylation sites (tertiary alicyclic amines) is 2. The number of carbonyl (C=O) groups excluding carboxylic acids is 3. The van der Waals surface area contributed by atoms with Gasteiger partial charge in [-0.05, 0) is 12.8 Å². The number of thiazole rings is 1. The Hall–Kier alpha value is -2.17. The molecule has 0 aromatic carbocycles. The zero-order valence-corrected chi connectivity index (χ0v) is 15.8. The number of amides is 2. The van der Waals surface area contributed by atoms with Crippen molar-refractivity contribution in [2.45, 2.75) is 19.0 Å². The standard InChI is InChI=1S/C17H18F3N3O4S/c1-27-13(25)10-5-22(12(24)11-4-21-9-28-11)6-15(10)7-23(8-15)14(26)16(2-3-16)17(18,19)20/h4,9-10H,2-3,5-8H2,1H3/t10-/m0/s1. The minimum Gasteiger partial charge on any atom is -0.469 e. The van der Waals surface area contributed by atoms with Gasteiger partial charge in [0.1, 0.15) is 10.3 Å². The number of rotatable bonds is 3. The summed E-state index contributed by atoms with van der Waals surface area (Å²) < 4.78 is 44.6. The van der Waals surface area contributed by atoms with Crippen molar-refractivity contribution in [3.8, 4) is 0 Å². The van der Waals surface area contributed by atoms with Crippen molar-refractivity contribution < 1.29 is 32.3 Å². The molecule has 0 N–H and O–H groups in total. The Kier molecular flexibility index (Phi) is 4.22. The van der Waals surface area contributed by atoms with Crippen LogP contribution in [-0.2, 0) is 14.3 Å². The normalized spacial score (nSPS) is 24.8. The first-order valence-corrected chi connectivity index (χ1v) is 9.63. The zero-order valence-electron chi connectivity index (χ0n) is 15.0. The molecule has 1 atom stereocenters. The molecule has 1 aliphatic carbocycles. The van der Waals surface area contributed by atoms with Crippen molar-refractivity contribution in [3.63, 3.8) is 0 Å². The largest absolute Gasteiger partial charge is 0.469 e. The third-order valence-electron chi connectivity index (χ3n) is 6.06. The summed E-state index contributed by atoms with van der Waals surface area (Å²) in [5, 5.41) is 0. The first-order chi connectivity index (χ1) is 13.1. The van der Waals surface area contributed by atoms with Crippen LogP contribution < -0.4 is 0 Å². The molecule has 0 radical (unpaired) electrons. The van der Waals surface area contributed by atoms with E-state index in [9.17, 15) is 27.6 Å². The fourth-order valence-corrected chi connectivity index (χ4v) is 4.88. The molecule has 1 aromatic heterocycles. The second-order valence-corrected chi connectivity index (χ2v) is 8.62. The zero-order chi connectivity index (χ0) is 20.3. The van der Waals surface area contributed by atoms with Gasteiger partial charge in [-0.1, -0.05) is 0 Å². The summed E-state index contributed by atoms with van der Waals surface area (Å²) in [6.07, 6.45) is -3.54. The lowest BCUT2D eigenvalue weighted by molar-refractivity contribution is -0.206. The van der Waals surface area contributed by atoms with Gasteiger partial charge in [-0.3, -0.25) is 19.4 Å². The molecule has 2 amide bonds. The number of alkyl halides is 3. The maximum absolute atomic E-state index is 13.2. The number of carbonyl (C=O) groups is 3. The Morgan fingerprint density at radius 3 is 2.36 bits per heavy atom. The maximum atomic E-state index is 13.2. The summed E-state index contributed by atoms with van der Waals surface area (Å²) in [5.74, 6) is -2.42. The average Bonchev–Trinajstić information content (AvgIpc) is 3.10. The van der Waals surface area contributed by atoms with Crippen LogP contribution in [-0.4, -0.2) is 72.0 Å². The third kappa shape index (κ3) is 2.70. The minimum atomic E-state index is -4.57. The van der Waals surface area contributed by atoms with Crippen LogP contribution in [0.3, 0.4) is 0 Å². The Labute approximate surface area is 162 Å². The van der Waals surface area contributed by atoms with Gasteiger partial charge in [-0.25, -0.2) is 0 Å². The molecule has 1 spiro atoms. The molecule has 7 nitrogen and oxygen atoms in total. The Bertz CT molecular complexity index is 816. The van der Waals surface area contributed by atoms with E-state index in [2.05, 4.69) is 4.98 Å². The predicted octanol–water partition coefficient (Wildman–Crippen LogP) is 1.56. The molecular weight excluding hydrogens is 399 g/mol. The number of halogens is 3. The van der Waals surface area contributed by atoms with Gasteiger partial charge in [-0.2, -0.15) is 13.2 Å². The SMILES string of the molecule is COC(=O)[C@@H]1CN(C(=O)c2cncs2)CC12CN(C(=O)C1(C(F)(F)F)CC1)C2. The first-order valence-electron chi connectivity index (χ1n) is 8.75. The van der Waals surface area contributed by atoms with Crippen molar-refractivity contribution in [2.24, 2.45) is 16.7 Å². The Morgan fingerprint density at radius 2 is 1.86 bits per heavy atom. The monoisotopic (exact) mass is 417 g/mol. The van der Waals surface area contributed by atoms with Crippen molar-refractivity contribution in [3.05, 3.63) is 16.6 Å². The topological polar surface area (TPSA) is 79.8 Å². The van der Waals surface area contributed by atoms with Crippen molar-refractivity contribution >= 4 is 29.1 Å². The molecule has 0 bridgehead atoms. The van der Waals surface area contributed by atoms with Crippen molar-refractivity contribution in [2.75, 3.05) is 33.3 Å². The highest BCUT2D eigenvalue weighted by Gasteiger charge is 2.71. The maximum Gasteiger partial charge on any atom is 0.403 e. The number of esters is 1. The predicted molar refractivity (Wildman–Crippen MR) is 90.3 cm³/mol. The van der Waals surface area contributed by atoms with E-state index in [1.165, 1.54) is 35.1 Å². The van der Waals surface area contributed by atoms with Gasteiger partial charge in [0.25, 0.3) is 5.91 Å². The van der Waals surface area contributed by atoms with Crippen LogP contribution in [0.15, 0.2) is 11.7 Å². The molecular formula is C17H18F3N3O4S. The summed E-state index contributed by atoms with van der Waals surface area (Å²) in [4.78, 5) is 44.3. The van der Waals surface area contributed by atoms with Gasteiger partial charge < -0.3 is 14.5 Å². The molecule has 1 saturated carbocycles. The van der Waals surface area contributed by atoms with E-state index in [1.54, 1.807) is 0 Å². The molecule has 11 heteroatoms. The van der Waals surface area contributed by atoms with Gasteiger partial charge in [0.05, 0.1) is 24.7 Å². The molecule has 0 unspecified atom stereocenters. The van der Waals surface area contributed by atoms with Gasteiger partial charge in [0.2, 0.25) is 5.91 Å². The summed E-state index contributed by atoms with van der Waals surface area (Å²) in [7, 11) is 1.23. The first kappa shape index (κ1) is 19.2. The van der Waals surface area contributed by atoms with E-state index >= 15 is 0 Å². The van der Waals surface area contributed by atoms with E-state index in [4.69, 9.17) is 4.74 Å². The fraction of sp³-hybridized carbons (Fsp3) is 0.647. The molecule has 2 aliphatic heterocycles. The molecule has 1 aromatic rings. The molecule has 152 valence electrons. The van der Waals surface area contributed by atoms with Gasteiger partial charge in [0, 0.05) is 31.6 Å². The summed E-state index contributed by atoms with van der Waals surface area (Å²) in [6.45, 7) is 0.313. The van der Waals surface area contributed by atoms with E-state index in [-0.39, 0.29) is 44.9 Å². The Balaban J connectivity index is 1.51. The number of hydrogen-bond acceptors (Lipinski definition) is 6. The summed E-state index contributed by atoms with van der Waals surface area (Å²) in [6, 6.07) is 0. The number of methoxy groups -OCH3 is 1. The van der Waals surface area contributed by atoms with Crippen molar-refractivity contribution in [1.82, 2.24) is 14.8 Å². The third-order valence-corrected chi connectivity index (χ3v) is 6.83. The van der Waals surface area contributed by atoms with Crippen LogP contribution in [0.4, 0.5) is 13.2 Å². The van der Waals surface area contributed by atoms with E-state index in [1.807, 2.05) is 0 Å². The number of nitrogens with zero attached hydrogens (tertiary/aromatic N) is 3. The molecule has 28 heavy (non-hydrogen) atoms. The molecule has 4 rings (SSSR count). The van der Waals surface area contributed by atoms with Crippen LogP contribution in [0.5, 0.6) is 0 Å². The minimum absolute atomic E-state index is 0.00982. The second-order valence-electron chi connectivity index (χ2n) is 7.73. The van der Waals surface area contributed by atoms with Gasteiger partial charge >= 0.3 is 12.1 Å². The lowest BCUT2D eigenvalue weighted by Gasteiger charge is -2.51. The molecule has 3 fully saturated rings. The van der Waals surface area contributed by atoms with Gasteiger partial charge in [-0.15, -0.1) is 11.3 Å². The van der Waals surface area contributed by atoms with Crippen LogP contribution in [0.25, 0.3) is 0 Å². The van der Waals surface area contributed by atoms with Crippen LogP contribution in [0, 0.1) is 16.7 Å². The molecule has 2 saturated heterocycles. The highest BCUT2D eigenvalue weighted by Crippen LogP contribution is 2.60. The van der Waals surface area contributed by atoms with Crippen LogP contribution >= 0.6 is 11.3 Å². The van der Waals surface area contributed by atoms with Crippen LogP contribution in [0.1, 0.15) is 22.5 Å².